The van der Waals surface area contributed by atoms with Crippen molar-refractivity contribution in [1.29, 1.82) is 0 Å². The Kier molecular flexibility index (Phi) is 5.52. The van der Waals surface area contributed by atoms with Crippen molar-refractivity contribution in [2.75, 3.05) is 26.2 Å². The predicted molar refractivity (Wildman–Crippen MR) is 97.9 cm³/mol. The Morgan fingerprint density at radius 3 is 2.45 bits per heavy atom. The smallest absolute Gasteiger partial charge is 0.0705 e. The minimum absolute atomic E-state index is 0.795. The molecule has 0 bridgehead atoms. The topological polar surface area (TPSA) is 18.8 Å². The zero-order valence-corrected chi connectivity index (χ0v) is 15.2. The number of hydrogen-bond donors (Lipinski definition) is 0. The van der Waals surface area contributed by atoms with Crippen molar-refractivity contribution < 1.29 is 0 Å². The van der Waals surface area contributed by atoms with Gasteiger partial charge in [0.25, 0.3) is 0 Å². The van der Waals surface area contributed by atoms with Crippen LogP contribution in [0.4, 0.5) is 0 Å². The lowest BCUT2D eigenvalue weighted by molar-refractivity contribution is 0.131. The van der Waals surface area contributed by atoms with E-state index in [1.165, 1.54) is 10.4 Å². The molecule has 0 unspecified atom stereocenters. The van der Waals surface area contributed by atoms with Gasteiger partial charge in [0.2, 0.25) is 0 Å². The number of piperazine rings is 1. The maximum atomic E-state index is 5.92. The Morgan fingerprint density at radius 1 is 1.09 bits per heavy atom. The highest BCUT2D eigenvalue weighted by atomic mass is 79.9. The van der Waals surface area contributed by atoms with Gasteiger partial charge in [0.05, 0.1) is 10.0 Å². The molecule has 2 heterocycles. The molecule has 3 rings (SSSR count). The molecule has 0 aliphatic carbocycles. The average Bonchev–Trinajstić information content (AvgIpc) is 2.94. The highest BCUT2D eigenvalue weighted by Gasteiger charge is 2.15. The van der Waals surface area contributed by atoms with E-state index in [0.29, 0.717) is 0 Å². The third kappa shape index (κ3) is 4.56. The summed E-state index contributed by atoms with van der Waals surface area (Å²) in [5.74, 6) is 0. The van der Waals surface area contributed by atoms with Gasteiger partial charge in [-0.15, -0.1) is 11.3 Å². The second kappa shape index (κ2) is 7.59. The summed E-state index contributed by atoms with van der Waals surface area (Å²) in [5.41, 5.74) is 1.31. The highest BCUT2D eigenvalue weighted by molar-refractivity contribution is 9.11. The number of nitrogens with zero attached hydrogens (tertiary/aromatic N) is 3. The third-order valence-corrected chi connectivity index (χ3v) is 5.42. The number of thiophene rings is 1. The van der Waals surface area contributed by atoms with Gasteiger partial charge in [-0.3, -0.25) is 9.91 Å². The maximum absolute atomic E-state index is 5.92. The normalized spacial score (nSPS) is 16.5. The first-order valence-electron chi connectivity index (χ1n) is 7.20. The first-order valence-corrected chi connectivity index (χ1v) is 9.19. The van der Waals surface area contributed by atoms with Crippen LogP contribution in [0.5, 0.6) is 0 Å². The summed E-state index contributed by atoms with van der Waals surface area (Å²) < 4.78 is 1.14. The van der Waals surface area contributed by atoms with Crippen LogP contribution in [0.25, 0.3) is 0 Å². The number of benzene rings is 1. The van der Waals surface area contributed by atoms with Crippen LogP contribution in [0.2, 0.25) is 5.02 Å². The van der Waals surface area contributed by atoms with Crippen LogP contribution in [0, 0.1) is 0 Å². The fraction of sp³-hybridized carbons (Fsp3) is 0.312. The minimum Gasteiger partial charge on any atom is -0.295 e. The fourth-order valence-corrected chi connectivity index (χ4v) is 3.81. The molecule has 1 aliphatic rings. The predicted octanol–water partition coefficient (Wildman–Crippen LogP) is 4.32. The summed E-state index contributed by atoms with van der Waals surface area (Å²) in [7, 11) is 0. The molecule has 2 aromatic rings. The molecule has 0 spiro atoms. The van der Waals surface area contributed by atoms with Crippen molar-refractivity contribution in [3.63, 3.8) is 0 Å². The molecule has 1 aliphatic heterocycles. The molecular formula is C16H17BrClN3S. The molecule has 1 fully saturated rings. The molecule has 0 atom stereocenters. The van der Waals surface area contributed by atoms with E-state index in [0.717, 1.165) is 41.5 Å². The summed E-state index contributed by atoms with van der Waals surface area (Å²) in [4.78, 5) is 3.63. The lowest BCUT2D eigenvalue weighted by Gasteiger charge is -2.33. The van der Waals surface area contributed by atoms with Crippen LogP contribution in [-0.4, -0.2) is 42.3 Å². The van der Waals surface area contributed by atoms with E-state index in [1.54, 1.807) is 11.3 Å². The standard InChI is InChI=1S/C16H17BrClN3S/c17-16-6-5-15(22-16)11-19-21-9-7-20(8-10-21)12-13-1-3-14(18)4-2-13/h1-6,11H,7-10,12H2/b19-11-. The number of halogens is 2. The van der Waals surface area contributed by atoms with E-state index >= 15 is 0 Å². The largest absolute Gasteiger partial charge is 0.295 e. The molecule has 3 nitrogen and oxygen atoms in total. The van der Waals surface area contributed by atoms with E-state index in [1.807, 2.05) is 18.3 Å². The Bertz CT molecular complexity index is 633. The van der Waals surface area contributed by atoms with Crippen LogP contribution >= 0.6 is 38.9 Å². The van der Waals surface area contributed by atoms with E-state index in [4.69, 9.17) is 11.6 Å². The van der Waals surface area contributed by atoms with Gasteiger partial charge in [0.15, 0.2) is 0 Å². The summed E-state index contributed by atoms with van der Waals surface area (Å²) in [5, 5.41) is 7.51. The van der Waals surface area contributed by atoms with Gasteiger partial charge in [-0.25, -0.2) is 0 Å². The van der Waals surface area contributed by atoms with Crippen molar-refractivity contribution in [2.24, 2.45) is 5.10 Å². The second-order valence-corrected chi connectivity index (χ2v) is 8.17. The lowest BCUT2D eigenvalue weighted by Crippen LogP contribution is -2.43. The van der Waals surface area contributed by atoms with E-state index in [9.17, 15) is 0 Å². The number of hydrazone groups is 1. The lowest BCUT2D eigenvalue weighted by atomic mass is 10.2. The monoisotopic (exact) mass is 397 g/mol. The quantitative estimate of drug-likeness (QED) is 0.714. The zero-order chi connectivity index (χ0) is 15.4. The molecule has 1 saturated heterocycles. The summed E-state index contributed by atoms with van der Waals surface area (Å²) in [6.07, 6.45) is 1.95. The Balaban J connectivity index is 1.48. The second-order valence-electron chi connectivity index (χ2n) is 5.24. The van der Waals surface area contributed by atoms with Gasteiger partial charge >= 0.3 is 0 Å². The van der Waals surface area contributed by atoms with Crippen molar-refractivity contribution in [1.82, 2.24) is 9.91 Å². The van der Waals surface area contributed by atoms with Crippen molar-refractivity contribution in [2.45, 2.75) is 6.54 Å². The fourth-order valence-electron chi connectivity index (χ4n) is 2.40. The van der Waals surface area contributed by atoms with E-state index < -0.39 is 0 Å². The number of hydrogen-bond acceptors (Lipinski definition) is 4. The van der Waals surface area contributed by atoms with Crippen LogP contribution in [0.15, 0.2) is 45.3 Å². The molecule has 6 heteroatoms. The third-order valence-electron chi connectivity index (χ3n) is 3.61. The van der Waals surface area contributed by atoms with Gasteiger partial charge in [-0.05, 0) is 45.8 Å². The summed E-state index contributed by atoms with van der Waals surface area (Å²) in [6.45, 7) is 4.99. The van der Waals surface area contributed by atoms with Crippen molar-refractivity contribution in [3.8, 4) is 0 Å². The Hall–Kier alpha value is -0.880. The molecular weight excluding hydrogens is 382 g/mol. The van der Waals surface area contributed by atoms with Crippen LogP contribution in [0.3, 0.4) is 0 Å². The highest BCUT2D eigenvalue weighted by Crippen LogP contribution is 2.20. The number of rotatable bonds is 4. The molecule has 1 aromatic heterocycles. The van der Waals surface area contributed by atoms with E-state index in [2.05, 4.69) is 55.2 Å². The van der Waals surface area contributed by atoms with Crippen molar-refractivity contribution in [3.05, 3.63) is 55.6 Å². The Morgan fingerprint density at radius 2 is 1.82 bits per heavy atom. The molecule has 0 N–H and O–H groups in total. The molecule has 0 amide bonds. The Labute approximate surface area is 148 Å². The summed E-state index contributed by atoms with van der Waals surface area (Å²) >= 11 is 11.1. The molecule has 116 valence electrons. The van der Waals surface area contributed by atoms with Crippen LogP contribution < -0.4 is 0 Å². The van der Waals surface area contributed by atoms with Crippen LogP contribution in [-0.2, 0) is 6.54 Å². The zero-order valence-electron chi connectivity index (χ0n) is 12.1. The minimum atomic E-state index is 0.795. The van der Waals surface area contributed by atoms with Gasteiger partial charge in [-0.1, -0.05) is 23.7 Å². The van der Waals surface area contributed by atoms with Crippen LogP contribution in [0.1, 0.15) is 10.4 Å². The van der Waals surface area contributed by atoms with Gasteiger partial charge in [-0.2, -0.15) is 5.10 Å². The first-order chi connectivity index (χ1) is 10.7. The van der Waals surface area contributed by atoms with E-state index in [-0.39, 0.29) is 0 Å². The average molecular weight is 399 g/mol. The van der Waals surface area contributed by atoms with Gasteiger partial charge in [0.1, 0.15) is 0 Å². The molecule has 1 aromatic carbocycles. The van der Waals surface area contributed by atoms with Gasteiger partial charge in [0, 0.05) is 42.6 Å². The molecule has 22 heavy (non-hydrogen) atoms. The maximum Gasteiger partial charge on any atom is 0.0705 e. The molecule has 0 radical (unpaired) electrons. The SMILES string of the molecule is Clc1ccc(CN2CCN(/N=C\c3ccc(Br)s3)CC2)cc1. The first kappa shape index (κ1) is 16.0. The van der Waals surface area contributed by atoms with Gasteiger partial charge < -0.3 is 0 Å². The van der Waals surface area contributed by atoms with Crippen molar-refractivity contribution >= 4 is 45.1 Å². The molecule has 0 saturated carbocycles. The summed E-state index contributed by atoms with van der Waals surface area (Å²) in [6, 6.07) is 12.2.